The summed E-state index contributed by atoms with van der Waals surface area (Å²) in [6.45, 7) is 2.03. The van der Waals surface area contributed by atoms with Gasteiger partial charge in [0, 0.05) is 4.88 Å². The highest BCUT2D eigenvalue weighted by atomic mass is 32.2. The van der Waals surface area contributed by atoms with Crippen molar-refractivity contribution in [3.63, 3.8) is 0 Å². The van der Waals surface area contributed by atoms with Crippen LogP contribution in [0, 0.1) is 6.92 Å². The van der Waals surface area contributed by atoms with Gasteiger partial charge in [0.25, 0.3) is 5.91 Å². The highest BCUT2D eigenvalue weighted by Gasteiger charge is 2.33. The molecule has 2 aromatic rings. The summed E-state index contributed by atoms with van der Waals surface area (Å²) in [6, 6.07) is 9.36. The van der Waals surface area contributed by atoms with Crippen LogP contribution in [-0.2, 0) is 4.79 Å². The summed E-state index contributed by atoms with van der Waals surface area (Å²) in [5, 5.41) is 2.02. The Kier molecular flexibility index (Phi) is 4.33. The highest BCUT2D eigenvalue weighted by molar-refractivity contribution is 8.27. The number of hydrogen-bond acceptors (Lipinski definition) is 5. The summed E-state index contributed by atoms with van der Waals surface area (Å²) in [7, 11) is 1.61. The molecule has 0 N–H and O–H groups in total. The minimum absolute atomic E-state index is 0.0760. The molecule has 3 rings (SSSR count). The van der Waals surface area contributed by atoms with Crippen molar-refractivity contribution in [3.8, 4) is 5.75 Å². The fraction of sp³-hybridized carbons (Fsp3) is 0.125. The third-order valence-corrected chi connectivity index (χ3v) is 5.56. The van der Waals surface area contributed by atoms with E-state index in [-0.39, 0.29) is 5.91 Å². The monoisotopic (exact) mass is 347 g/mol. The van der Waals surface area contributed by atoms with Gasteiger partial charge in [0.05, 0.1) is 17.7 Å². The summed E-state index contributed by atoms with van der Waals surface area (Å²) in [5.41, 5.74) is 1.93. The number of rotatable bonds is 3. The molecule has 0 saturated carbocycles. The zero-order chi connectivity index (χ0) is 15.7. The van der Waals surface area contributed by atoms with E-state index in [9.17, 15) is 4.79 Å². The number of thioether (sulfide) groups is 1. The van der Waals surface area contributed by atoms with Crippen LogP contribution in [0.1, 0.15) is 10.4 Å². The molecule has 6 heteroatoms. The SMILES string of the molecule is COc1ccc(N2C(=O)/C(=C/c3sccc3C)SC2=S)cc1. The molecule has 1 fully saturated rings. The number of amides is 1. The molecule has 1 saturated heterocycles. The molecule has 1 aromatic heterocycles. The second-order valence-electron chi connectivity index (χ2n) is 4.68. The average Bonchev–Trinajstić information content (AvgIpc) is 3.04. The molecule has 0 radical (unpaired) electrons. The van der Waals surface area contributed by atoms with Crippen LogP contribution >= 0.6 is 35.3 Å². The van der Waals surface area contributed by atoms with E-state index in [1.807, 2.05) is 48.7 Å². The van der Waals surface area contributed by atoms with Gasteiger partial charge in [-0.1, -0.05) is 24.0 Å². The van der Waals surface area contributed by atoms with E-state index >= 15 is 0 Å². The van der Waals surface area contributed by atoms with Crippen LogP contribution in [0.4, 0.5) is 5.69 Å². The number of carbonyl (C=O) groups is 1. The van der Waals surface area contributed by atoms with Crippen LogP contribution in [0.25, 0.3) is 6.08 Å². The van der Waals surface area contributed by atoms with Crippen LogP contribution in [0.3, 0.4) is 0 Å². The molecule has 0 unspecified atom stereocenters. The maximum Gasteiger partial charge on any atom is 0.270 e. The van der Waals surface area contributed by atoms with Gasteiger partial charge < -0.3 is 4.74 Å². The number of aryl methyl sites for hydroxylation is 1. The summed E-state index contributed by atoms with van der Waals surface area (Å²) in [5.74, 6) is 0.673. The zero-order valence-corrected chi connectivity index (χ0v) is 14.5. The predicted octanol–water partition coefficient (Wildman–Crippen LogP) is 4.47. The third-order valence-electron chi connectivity index (χ3n) is 3.29. The normalized spacial score (nSPS) is 16.6. The van der Waals surface area contributed by atoms with Crippen LogP contribution < -0.4 is 9.64 Å². The number of hydrogen-bond donors (Lipinski definition) is 0. The Morgan fingerprint density at radius 3 is 2.55 bits per heavy atom. The number of nitrogens with zero attached hydrogens (tertiary/aromatic N) is 1. The van der Waals surface area contributed by atoms with Crippen LogP contribution in [0.15, 0.2) is 40.6 Å². The summed E-state index contributed by atoms with van der Waals surface area (Å²) in [4.78, 5) is 15.9. The van der Waals surface area contributed by atoms with Crippen molar-refractivity contribution < 1.29 is 9.53 Å². The summed E-state index contributed by atoms with van der Waals surface area (Å²) >= 11 is 8.32. The van der Waals surface area contributed by atoms with Crippen molar-refractivity contribution in [1.82, 2.24) is 0 Å². The van der Waals surface area contributed by atoms with Crippen molar-refractivity contribution in [3.05, 3.63) is 51.1 Å². The van der Waals surface area contributed by atoms with Crippen molar-refractivity contribution in [2.45, 2.75) is 6.92 Å². The molecule has 112 valence electrons. The van der Waals surface area contributed by atoms with Gasteiger partial charge >= 0.3 is 0 Å². The van der Waals surface area contributed by atoms with Crippen molar-refractivity contribution in [2.75, 3.05) is 12.0 Å². The lowest BCUT2D eigenvalue weighted by atomic mass is 10.2. The number of ether oxygens (including phenoxy) is 1. The van der Waals surface area contributed by atoms with Gasteiger partial charge in [0.2, 0.25) is 0 Å². The Labute approximate surface area is 142 Å². The van der Waals surface area contributed by atoms with Gasteiger partial charge in [0.15, 0.2) is 4.32 Å². The Bertz CT molecular complexity index is 762. The van der Waals surface area contributed by atoms with E-state index in [1.54, 1.807) is 23.3 Å². The molecular weight excluding hydrogens is 334 g/mol. The molecule has 3 nitrogen and oxygen atoms in total. The smallest absolute Gasteiger partial charge is 0.270 e. The van der Waals surface area contributed by atoms with Crippen molar-refractivity contribution >= 4 is 57.3 Å². The first-order valence-corrected chi connectivity index (χ1v) is 8.66. The Morgan fingerprint density at radius 2 is 1.95 bits per heavy atom. The van der Waals surface area contributed by atoms with Crippen LogP contribution in [0.5, 0.6) is 5.75 Å². The minimum Gasteiger partial charge on any atom is -0.497 e. The maximum atomic E-state index is 12.6. The minimum atomic E-state index is -0.0760. The van der Waals surface area contributed by atoms with E-state index in [0.29, 0.717) is 9.23 Å². The second-order valence-corrected chi connectivity index (χ2v) is 7.31. The molecular formula is C16H13NO2S3. The van der Waals surface area contributed by atoms with Gasteiger partial charge in [-0.15, -0.1) is 11.3 Å². The van der Waals surface area contributed by atoms with E-state index in [4.69, 9.17) is 17.0 Å². The molecule has 1 aliphatic heterocycles. The van der Waals surface area contributed by atoms with Crippen molar-refractivity contribution in [2.24, 2.45) is 0 Å². The van der Waals surface area contributed by atoms with E-state index in [1.165, 1.54) is 17.3 Å². The van der Waals surface area contributed by atoms with Gasteiger partial charge in [0.1, 0.15) is 5.75 Å². The number of anilines is 1. The van der Waals surface area contributed by atoms with E-state index in [2.05, 4.69) is 0 Å². The maximum absolute atomic E-state index is 12.6. The Balaban J connectivity index is 1.91. The summed E-state index contributed by atoms with van der Waals surface area (Å²) < 4.78 is 5.69. The van der Waals surface area contributed by atoms with E-state index in [0.717, 1.165) is 16.3 Å². The number of methoxy groups -OCH3 is 1. The van der Waals surface area contributed by atoms with Gasteiger partial charge in [-0.3, -0.25) is 9.69 Å². The first kappa shape index (κ1) is 15.3. The molecule has 1 amide bonds. The molecule has 1 aromatic carbocycles. The number of benzene rings is 1. The number of carbonyl (C=O) groups excluding carboxylic acids is 1. The quantitative estimate of drug-likeness (QED) is 0.605. The van der Waals surface area contributed by atoms with Crippen LogP contribution in [0.2, 0.25) is 0 Å². The molecule has 0 atom stereocenters. The fourth-order valence-electron chi connectivity index (χ4n) is 2.07. The lowest BCUT2D eigenvalue weighted by Gasteiger charge is -2.14. The first-order valence-electron chi connectivity index (χ1n) is 6.56. The van der Waals surface area contributed by atoms with E-state index < -0.39 is 0 Å². The average molecular weight is 347 g/mol. The molecule has 2 heterocycles. The van der Waals surface area contributed by atoms with Gasteiger partial charge in [-0.05, 0) is 54.3 Å². The lowest BCUT2D eigenvalue weighted by molar-refractivity contribution is -0.113. The molecule has 0 bridgehead atoms. The standard InChI is InChI=1S/C16H13NO2S3/c1-10-7-8-21-13(10)9-14-15(18)17(16(20)22-14)11-3-5-12(19-2)6-4-11/h3-9H,1-2H3/b14-9-. The number of thiocarbonyl (C=S) groups is 1. The molecule has 22 heavy (non-hydrogen) atoms. The zero-order valence-electron chi connectivity index (χ0n) is 12.0. The molecule has 1 aliphatic rings. The van der Waals surface area contributed by atoms with Crippen molar-refractivity contribution in [1.29, 1.82) is 0 Å². The predicted molar refractivity (Wildman–Crippen MR) is 97.7 cm³/mol. The Morgan fingerprint density at radius 1 is 1.23 bits per heavy atom. The Hall–Kier alpha value is -1.63. The van der Waals surface area contributed by atoms with Gasteiger partial charge in [-0.2, -0.15) is 0 Å². The fourth-order valence-corrected chi connectivity index (χ4v) is 4.29. The second kappa shape index (κ2) is 6.24. The first-order chi connectivity index (χ1) is 10.6. The highest BCUT2D eigenvalue weighted by Crippen LogP contribution is 2.37. The van der Waals surface area contributed by atoms with Gasteiger partial charge in [-0.25, -0.2) is 0 Å². The topological polar surface area (TPSA) is 29.5 Å². The van der Waals surface area contributed by atoms with Crippen LogP contribution in [-0.4, -0.2) is 17.3 Å². The summed E-state index contributed by atoms with van der Waals surface area (Å²) in [6.07, 6.45) is 1.92. The third kappa shape index (κ3) is 2.82. The number of thiophene rings is 1. The molecule has 0 aliphatic carbocycles. The largest absolute Gasteiger partial charge is 0.497 e. The lowest BCUT2D eigenvalue weighted by Crippen LogP contribution is -2.27. The molecule has 0 spiro atoms.